The number of aliphatic hydroxyl groups excluding tert-OH is 1. The third kappa shape index (κ3) is 2.90. The first-order valence-electron chi connectivity index (χ1n) is 6.94. The van der Waals surface area contributed by atoms with Crippen molar-refractivity contribution in [2.75, 3.05) is 0 Å². The summed E-state index contributed by atoms with van der Waals surface area (Å²) in [5, 5.41) is 11.2. The van der Waals surface area contributed by atoms with E-state index in [4.69, 9.17) is 4.74 Å². The number of ether oxygens (including phenoxy) is 1. The molecule has 1 fully saturated rings. The lowest BCUT2D eigenvalue weighted by Crippen LogP contribution is -2.30. The third-order valence-corrected chi connectivity index (χ3v) is 4.61. The largest absolute Gasteiger partial charge is 0.488 e. The summed E-state index contributed by atoms with van der Waals surface area (Å²) < 4.78 is 7.14. The second-order valence-corrected chi connectivity index (χ2v) is 6.46. The summed E-state index contributed by atoms with van der Waals surface area (Å²) in [5.74, 6) is 0.849. The Balaban J connectivity index is 1.79. The van der Waals surface area contributed by atoms with E-state index in [1.165, 1.54) is 6.42 Å². The Bertz CT molecular complexity index is 566. The van der Waals surface area contributed by atoms with Crippen LogP contribution >= 0.6 is 11.3 Å². The van der Waals surface area contributed by atoms with E-state index in [-0.39, 0.29) is 12.2 Å². The zero-order valence-corrected chi connectivity index (χ0v) is 11.9. The summed E-state index contributed by atoms with van der Waals surface area (Å²) in [5.41, 5.74) is 1.02. The number of aliphatic hydroxyl groups is 1. The molecule has 1 aromatic carbocycles. The molecule has 0 amide bonds. The molecular weight excluding hydrogens is 258 g/mol. The van der Waals surface area contributed by atoms with Crippen molar-refractivity contribution in [3.05, 3.63) is 23.2 Å². The van der Waals surface area contributed by atoms with Crippen LogP contribution in [0.25, 0.3) is 10.2 Å². The molecule has 0 spiro atoms. The summed E-state index contributed by atoms with van der Waals surface area (Å²) in [6, 6.07) is 5.99. The van der Waals surface area contributed by atoms with Gasteiger partial charge in [0, 0.05) is 0 Å². The van der Waals surface area contributed by atoms with Gasteiger partial charge >= 0.3 is 0 Å². The first-order valence-corrected chi connectivity index (χ1v) is 7.76. The molecule has 0 radical (unpaired) electrons. The SMILES string of the molecule is Cc1nc2ccc(OC3CCCCCC3O)cc2s1. The van der Waals surface area contributed by atoms with Crippen molar-refractivity contribution in [2.24, 2.45) is 0 Å². The molecule has 19 heavy (non-hydrogen) atoms. The molecule has 1 aromatic heterocycles. The van der Waals surface area contributed by atoms with E-state index in [9.17, 15) is 5.11 Å². The van der Waals surface area contributed by atoms with Crippen LogP contribution in [0.2, 0.25) is 0 Å². The number of hydrogen-bond donors (Lipinski definition) is 1. The summed E-state index contributed by atoms with van der Waals surface area (Å²) in [7, 11) is 0. The van der Waals surface area contributed by atoms with Gasteiger partial charge in [-0.1, -0.05) is 12.8 Å². The van der Waals surface area contributed by atoms with Gasteiger partial charge in [-0.25, -0.2) is 4.98 Å². The van der Waals surface area contributed by atoms with E-state index in [0.717, 1.165) is 46.7 Å². The quantitative estimate of drug-likeness (QED) is 0.851. The molecule has 4 heteroatoms. The standard InChI is InChI=1S/C15H19NO2S/c1-10-16-12-8-7-11(9-15(12)19-10)18-14-6-4-2-3-5-13(14)17/h7-9,13-14,17H,2-6H2,1H3. The molecule has 1 heterocycles. The lowest BCUT2D eigenvalue weighted by atomic mass is 10.1. The topological polar surface area (TPSA) is 42.4 Å². The van der Waals surface area contributed by atoms with Gasteiger partial charge in [-0.15, -0.1) is 11.3 Å². The average Bonchev–Trinajstić information content (AvgIpc) is 2.64. The fourth-order valence-corrected chi connectivity index (χ4v) is 3.52. The van der Waals surface area contributed by atoms with Crippen LogP contribution in [0.4, 0.5) is 0 Å². The summed E-state index contributed by atoms with van der Waals surface area (Å²) >= 11 is 1.68. The van der Waals surface area contributed by atoms with Crippen LogP contribution < -0.4 is 4.74 Å². The van der Waals surface area contributed by atoms with Gasteiger partial charge in [0.2, 0.25) is 0 Å². The second-order valence-electron chi connectivity index (χ2n) is 5.22. The lowest BCUT2D eigenvalue weighted by molar-refractivity contribution is 0.0321. The normalized spacial score (nSPS) is 24.3. The van der Waals surface area contributed by atoms with Gasteiger partial charge in [0.25, 0.3) is 0 Å². The molecule has 0 saturated heterocycles. The van der Waals surface area contributed by atoms with Crippen LogP contribution in [0.5, 0.6) is 5.75 Å². The van der Waals surface area contributed by atoms with Crippen LogP contribution in [-0.2, 0) is 0 Å². The molecule has 102 valence electrons. The van der Waals surface area contributed by atoms with Gasteiger partial charge in [-0.2, -0.15) is 0 Å². The number of aromatic nitrogens is 1. The van der Waals surface area contributed by atoms with Crippen molar-refractivity contribution < 1.29 is 9.84 Å². The highest BCUT2D eigenvalue weighted by molar-refractivity contribution is 7.18. The van der Waals surface area contributed by atoms with E-state index in [2.05, 4.69) is 4.98 Å². The number of thiazole rings is 1. The minimum Gasteiger partial charge on any atom is -0.488 e. The number of aryl methyl sites for hydroxylation is 1. The summed E-state index contributed by atoms with van der Waals surface area (Å²) in [6.07, 6.45) is 4.85. The van der Waals surface area contributed by atoms with E-state index >= 15 is 0 Å². The smallest absolute Gasteiger partial charge is 0.124 e. The predicted octanol–water partition coefficient (Wildman–Crippen LogP) is 3.68. The Labute approximate surface area is 117 Å². The van der Waals surface area contributed by atoms with Crippen molar-refractivity contribution in [2.45, 2.75) is 51.2 Å². The minimum absolute atomic E-state index is 0.0611. The number of hydrogen-bond acceptors (Lipinski definition) is 4. The summed E-state index contributed by atoms with van der Waals surface area (Å²) in [4.78, 5) is 4.44. The molecular formula is C15H19NO2S. The monoisotopic (exact) mass is 277 g/mol. The van der Waals surface area contributed by atoms with E-state index in [0.29, 0.717) is 0 Å². The number of rotatable bonds is 2. The van der Waals surface area contributed by atoms with Crippen LogP contribution in [0, 0.1) is 6.92 Å². The van der Waals surface area contributed by atoms with Crippen molar-refractivity contribution in [1.82, 2.24) is 4.98 Å². The zero-order chi connectivity index (χ0) is 13.2. The fourth-order valence-electron chi connectivity index (χ4n) is 2.66. The maximum atomic E-state index is 10.1. The highest BCUT2D eigenvalue weighted by Crippen LogP contribution is 2.28. The van der Waals surface area contributed by atoms with E-state index < -0.39 is 0 Å². The van der Waals surface area contributed by atoms with Gasteiger partial charge in [0.15, 0.2) is 0 Å². The van der Waals surface area contributed by atoms with E-state index in [1.807, 2.05) is 25.1 Å². The van der Waals surface area contributed by atoms with Gasteiger partial charge < -0.3 is 9.84 Å². The van der Waals surface area contributed by atoms with Crippen molar-refractivity contribution in [3.63, 3.8) is 0 Å². The first kappa shape index (κ1) is 12.9. The van der Waals surface area contributed by atoms with Gasteiger partial charge in [0.1, 0.15) is 11.9 Å². The number of benzene rings is 1. The Morgan fingerprint density at radius 3 is 3.00 bits per heavy atom. The first-order chi connectivity index (χ1) is 9.22. The molecule has 1 aliphatic rings. The minimum atomic E-state index is -0.332. The molecule has 1 aliphatic carbocycles. The third-order valence-electron chi connectivity index (χ3n) is 3.67. The number of fused-ring (bicyclic) bond motifs is 1. The van der Waals surface area contributed by atoms with Crippen LogP contribution in [-0.4, -0.2) is 22.3 Å². The molecule has 3 rings (SSSR count). The molecule has 0 aliphatic heterocycles. The second kappa shape index (κ2) is 5.47. The average molecular weight is 277 g/mol. The molecule has 1 saturated carbocycles. The zero-order valence-electron chi connectivity index (χ0n) is 11.1. The van der Waals surface area contributed by atoms with Gasteiger partial charge in [0.05, 0.1) is 21.3 Å². The fraction of sp³-hybridized carbons (Fsp3) is 0.533. The van der Waals surface area contributed by atoms with Crippen molar-refractivity contribution in [3.8, 4) is 5.75 Å². The molecule has 2 atom stereocenters. The Kier molecular flexibility index (Phi) is 3.71. The van der Waals surface area contributed by atoms with Crippen LogP contribution in [0.15, 0.2) is 18.2 Å². The van der Waals surface area contributed by atoms with Crippen LogP contribution in [0.3, 0.4) is 0 Å². The molecule has 0 bridgehead atoms. The van der Waals surface area contributed by atoms with Crippen molar-refractivity contribution in [1.29, 1.82) is 0 Å². The van der Waals surface area contributed by atoms with Gasteiger partial charge in [-0.05, 0) is 44.4 Å². The van der Waals surface area contributed by atoms with Crippen molar-refractivity contribution >= 4 is 21.6 Å². The predicted molar refractivity (Wildman–Crippen MR) is 77.9 cm³/mol. The van der Waals surface area contributed by atoms with Gasteiger partial charge in [-0.3, -0.25) is 0 Å². The van der Waals surface area contributed by atoms with E-state index in [1.54, 1.807) is 11.3 Å². The summed E-state index contributed by atoms with van der Waals surface area (Å²) in [6.45, 7) is 2.01. The highest BCUT2D eigenvalue weighted by Gasteiger charge is 2.23. The maximum Gasteiger partial charge on any atom is 0.124 e. The Morgan fingerprint density at radius 1 is 1.26 bits per heavy atom. The highest BCUT2D eigenvalue weighted by atomic mass is 32.1. The molecule has 2 aromatic rings. The lowest BCUT2D eigenvalue weighted by Gasteiger charge is -2.21. The molecule has 1 N–H and O–H groups in total. The van der Waals surface area contributed by atoms with Crippen LogP contribution in [0.1, 0.15) is 37.1 Å². The Hall–Kier alpha value is -1.13. The maximum absolute atomic E-state index is 10.1. The number of nitrogens with zero attached hydrogens (tertiary/aromatic N) is 1. The Morgan fingerprint density at radius 2 is 2.11 bits per heavy atom. The molecule has 3 nitrogen and oxygen atoms in total. The molecule has 2 unspecified atom stereocenters.